The summed E-state index contributed by atoms with van der Waals surface area (Å²) in [7, 11) is 1.46. The molecule has 1 heterocycles. The van der Waals surface area contributed by atoms with E-state index in [4.69, 9.17) is 4.74 Å². The number of ketones is 1. The Hall–Kier alpha value is -3.13. The molecule has 8 heteroatoms. The van der Waals surface area contributed by atoms with E-state index in [1.165, 1.54) is 31.2 Å². The minimum absolute atomic E-state index is 0.0330. The third kappa shape index (κ3) is 4.77. The number of nitrogens with zero attached hydrogens (tertiary/aromatic N) is 2. The van der Waals surface area contributed by atoms with Crippen LogP contribution >= 0.6 is 11.8 Å². The van der Waals surface area contributed by atoms with Crippen molar-refractivity contribution in [2.45, 2.75) is 18.6 Å². The zero-order valence-corrected chi connectivity index (χ0v) is 16.2. The van der Waals surface area contributed by atoms with Gasteiger partial charge in [0.1, 0.15) is 0 Å². The molecular formula is C20H19N3O4S. The second-order valence-corrected chi connectivity index (χ2v) is 7.36. The second-order valence-electron chi connectivity index (χ2n) is 6.17. The molecule has 1 amide bonds. The van der Waals surface area contributed by atoms with Crippen molar-refractivity contribution in [2.75, 3.05) is 7.11 Å². The lowest BCUT2D eigenvalue weighted by Gasteiger charge is -2.04. The van der Waals surface area contributed by atoms with Crippen molar-refractivity contribution in [3.8, 4) is 11.5 Å². The summed E-state index contributed by atoms with van der Waals surface area (Å²) in [5.74, 6) is 0.0137. The van der Waals surface area contributed by atoms with Crippen LogP contribution < -0.4 is 10.1 Å². The number of aromatic hydroxyl groups is 1. The smallest absolute Gasteiger partial charge is 0.240 e. The number of Topliss-reactive ketones (excluding diaryl/α,β-unsaturated/α-hetero) is 1. The van der Waals surface area contributed by atoms with E-state index >= 15 is 0 Å². The Kier molecular flexibility index (Phi) is 6.10. The third-order valence-corrected chi connectivity index (χ3v) is 5.15. The van der Waals surface area contributed by atoms with Crippen molar-refractivity contribution in [1.82, 2.24) is 5.32 Å². The van der Waals surface area contributed by atoms with Crippen LogP contribution in [-0.2, 0) is 4.79 Å². The summed E-state index contributed by atoms with van der Waals surface area (Å²) in [4.78, 5) is 24.5. The van der Waals surface area contributed by atoms with Gasteiger partial charge in [-0.25, -0.2) is 0 Å². The van der Waals surface area contributed by atoms with Gasteiger partial charge in [-0.1, -0.05) is 41.6 Å². The van der Waals surface area contributed by atoms with Crippen LogP contribution in [-0.4, -0.2) is 40.5 Å². The van der Waals surface area contributed by atoms with Gasteiger partial charge in [0.25, 0.3) is 0 Å². The van der Waals surface area contributed by atoms with E-state index in [-0.39, 0.29) is 23.9 Å². The largest absolute Gasteiger partial charge is 0.504 e. The first kappa shape index (κ1) is 19.6. The van der Waals surface area contributed by atoms with Crippen LogP contribution in [0.3, 0.4) is 0 Å². The highest BCUT2D eigenvalue weighted by Crippen LogP contribution is 2.26. The number of amidine groups is 1. The number of amides is 1. The lowest BCUT2D eigenvalue weighted by atomic mass is 10.0. The molecule has 144 valence electrons. The van der Waals surface area contributed by atoms with Crippen LogP contribution in [0.2, 0.25) is 0 Å². The van der Waals surface area contributed by atoms with Gasteiger partial charge in [0.05, 0.1) is 18.6 Å². The van der Waals surface area contributed by atoms with Crippen molar-refractivity contribution < 1.29 is 19.4 Å². The van der Waals surface area contributed by atoms with E-state index in [9.17, 15) is 14.7 Å². The van der Waals surface area contributed by atoms with Gasteiger partial charge in [-0.3, -0.25) is 9.59 Å². The second kappa shape index (κ2) is 8.71. The average molecular weight is 397 g/mol. The van der Waals surface area contributed by atoms with Gasteiger partial charge in [-0.05, 0) is 30.7 Å². The molecule has 28 heavy (non-hydrogen) atoms. The fourth-order valence-corrected chi connectivity index (χ4v) is 3.46. The van der Waals surface area contributed by atoms with Crippen LogP contribution in [0.4, 0.5) is 0 Å². The number of nitrogens with one attached hydrogen (secondary N) is 1. The number of hydrogen-bond donors (Lipinski definition) is 2. The summed E-state index contributed by atoms with van der Waals surface area (Å²) in [6, 6.07) is 12.0. The van der Waals surface area contributed by atoms with Crippen LogP contribution in [0.1, 0.15) is 27.9 Å². The molecule has 1 fully saturated rings. The van der Waals surface area contributed by atoms with Gasteiger partial charge in [-0.15, -0.1) is 5.10 Å². The van der Waals surface area contributed by atoms with Crippen LogP contribution in [0.25, 0.3) is 0 Å². The Balaban J connectivity index is 1.62. The first-order valence-electron chi connectivity index (χ1n) is 8.51. The Bertz CT molecular complexity index is 954. The molecule has 0 aromatic heterocycles. The van der Waals surface area contributed by atoms with Gasteiger partial charge < -0.3 is 15.2 Å². The predicted molar refractivity (Wildman–Crippen MR) is 109 cm³/mol. The monoisotopic (exact) mass is 397 g/mol. The molecule has 1 unspecified atom stereocenters. The summed E-state index contributed by atoms with van der Waals surface area (Å²) in [6.07, 6.45) is 1.57. The predicted octanol–water partition coefficient (Wildman–Crippen LogP) is 2.90. The van der Waals surface area contributed by atoms with Crippen LogP contribution in [0.5, 0.6) is 11.5 Å². The Labute approximate surface area is 166 Å². The van der Waals surface area contributed by atoms with Gasteiger partial charge in [0.15, 0.2) is 22.4 Å². The number of rotatable bonds is 6. The van der Waals surface area contributed by atoms with E-state index in [0.29, 0.717) is 22.0 Å². The van der Waals surface area contributed by atoms with E-state index in [0.717, 1.165) is 5.56 Å². The highest BCUT2D eigenvalue weighted by molar-refractivity contribution is 8.15. The molecule has 1 atom stereocenters. The number of ether oxygens (including phenoxy) is 1. The molecule has 0 radical (unpaired) electrons. The quantitative estimate of drug-likeness (QED) is 0.443. The molecule has 0 bridgehead atoms. The molecule has 0 saturated carbocycles. The molecule has 0 aliphatic carbocycles. The van der Waals surface area contributed by atoms with Crippen molar-refractivity contribution in [3.05, 3.63) is 59.2 Å². The molecule has 2 N–H and O–H groups in total. The number of carbonyl (C=O) groups excluding carboxylic acids is 2. The number of aryl methyl sites for hydroxylation is 1. The van der Waals surface area contributed by atoms with Crippen LogP contribution in [0.15, 0.2) is 52.7 Å². The maximum Gasteiger partial charge on any atom is 0.240 e. The Morgan fingerprint density at radius 2 is 2.04 bits per heavy atom. The SMILES string of the molecule is COc1cc(/C=N/N=C2\NC(=O)C(CC(=O)c3ccc(C)cc3)S2)ccc1O. The van der Waals surface area contributed by atoms with E-state index in [1.54, 1.807) is 24.3 Å². The lowest BCUT2D eigenvalue weighted by molar-refractivity contribution is -0.118. The number of thioether (sulfide) groups is 1. The number of phenolic OH excluding ortho intramolecular Hbond substituents is 1. The van der Waals surface area contributed by atoms with E-state index in [2.05, 4.69) is 15.5 Å². The summed E-state index contributed by atoms with van der Waals surface area (Å²) in [6.45, 7) is 1.95. The zero-order valence-electron chi connectivity index (χ0n) is 15.4. The Morgan fingerprint density at radius 1 is 1.29 bits per heavy atom. The molecule has 1 aliphatic rings. The average Bonchev–Trinajstić information content (AvgIpc) is 3.02. The van der Waals surface area contributed by atoms with E-state index < -0.39 is 5.25 Å². The molecule has 0 spiro atoms. The van der Waals surface area contributed by atoms with Crippen molar-refractivity contribution >= 4 is 34.8 Å². The van der Waals surface area contributed by atoms with E-state index in [1.807, 2.05) is 19.1 Å². The summed E-state index contributed by atoms with van der Waals surface area (Å²) in [5, 5.41) is 20.0. The first-order valence-corrected chi connectivity index (χ1v) is 9.39. The first-order chi connectivity index (χ1) is 13.5. The number of hydrogen-bond acceptors (Lipinski definition) is 7. The summed E-state index contributed by atoms with van der Waals surface area (Å²) < 4.78 is 5.03. The fourth-order valence-electron chi connectivity index (χ4n) is 2.53. The van der Waals surface area contributed by atoms with Crippen molar-refractivity contribution in [2.24, 2.45) is 10.2 Å². The summed E-state index contributed by atoms with van der Waals surface area (Å²) in [5.41, 5.74) is 2.34. The fraction of sp³-hybridized carbons (Fsp3) is 0.200. The van der Waals surface area contributed by atoms with Crippen LogP contribution in [0, 0.1) is 6.92 Å². The molecule has 1 aliphatic heterocycles. The number of benzene rings is 2. The normalized spacial score (nSPS) is 17.9. The van der Waals surface area contributed by atoms with Gasteiger partial charge in [0, 0.05) is 12.0 Å². The van der Waals surface area contributed by atoms with Crippen molar-refractivity contribution in [3.63, 3.8) is 0 Å². The molecule has 2 aromatic carbocycles. The minimum atomic E-state index is -0.531. The standard InChI is InChI=1S/C20H19N3O4S/c1-12-3-6-14(7-4-12)16(25)10-18-19(26)22-20(28-18)23-21-11-13-5-8-15(24)17(9-13)27-2/h3-9,11,18,24H,10H2,1-2H3,(H,22,23,26)/b21-11+. The van der Waals surface area contributed by atoms with Gasteiger partial charge in [-0.2, -0.15) is 5.10 Å². The maximum atomic E-state index is 12.4. The topological polar surface area (TPSA) is 100 Å². The highest BCUT2D eigenvalue weighted by Gasteiger charge is 2.32. The van der Waals surface area contributed by atoms with Gasteiger partial charge >= 0.3 is 0 Å². The molecule has 3 rings (SSSR count). The minimum Gasteiger partial charge on any atom is -0.504 e. The van der Waals surface area contributed by atoms with Crippen molar-refractivity contribution in [1.29, 1.82) is 0 Å². The third-order valence-electron chi connectivity index (χ3n) is 4.08. The number of phenols is 1. The highest BCUT2D eigenvalue weighted by atomic mass is 32.2. The zero-order chi connectivity index (χ0) is 20.1. The molecular weight excluding hydrogens is 378 g/mol. The molecule has 1 saturated heterocycles. The maximum absolute atomic E-state index is 12.4. The Morgan fingerprint density at radius 3 is 2.75 bits per heavy atom. The summed E-state index contributed by atoms with van der Waals surface area (Å²) >= 11 is 1.18. The lowest BCUT2D eigenvalue weighted by Crippen LogP contribution is -2.26. The number of carbonyl (C=O) groups is 2. The molecule has 7 nitrogen and oxygen atoms in total. The number of methoxy groups -OCH3 is 1. The molecule has 2 aromatic rings. The van der Waals surface area contributed by atoms with Gasteiger partial charge in [0.2, 0.25) is 5.91 Å².